The summed E-state index contributed by atoms with van der Waals surface area (Å²) in [5, 5.41) is 8.42. The van der Waals surface area contributed by atoms with Crippen LogP contribution in [0, 0.1) is 0 Å². The van der Waals surface area contributed by atoms with Gasteiger partial charge in [0.2, 0.25) is 5.91 Å². The van der Waals surface area contributed by atoms with Crippen molar-refractivity contribution in [2.75, 3.05) is 36.2 Å². The number of anilines is 3. The minimum atomic E-state index is -0.368. The number of rotatable bonds is 7. The zero-order valence-corrected chi connectivity index (χ0v) is 13.5. The van der Waals surface area contributed by atoms with Gasteiger partial charge in [0, 0.05) is 38.0 Å². The molecule has 0 aliphatic carbocycles. The second kappa shape index (κ2) is 8.59. The highest BCUT2D eigenvalue weighted by Gasteiger charge is 2.09. The first-order valence-electron chi connectivity index (χ1n) is 7.32. The molecule has 0 atom stereocenters. The molecule has 0 saturated carbocycles. The van der Waals surface area contributed by atoms with Gasteiger partial charge in [0.05, 0.1) is 6.61 Å². The van der Waals surface area contributed by atoms with E-state index in [4.69, 9.17) is 4.74 Å². The number of hydrogen-bond donors (Lipinski definition) is 3. The van der Waals surface area contributed by atoms with Crippen molar-refractivity contribution in [3.63, 3.8) is 0 Å². The third-order valence-electron chi connectivity index (χ3n) is 2.95. The van der Waals surface area contributed by atoms with Gasteiger partial charge in [-0.15, -0.1) is 0 Å². The number of hydrogen-bond acceptors (Lipinski definition) is 6. The number of carbonyl (C=O) groups excluding carboxylic acids is 2. The molecule has 126 valence electrons. The van der Waals surface area contributed by atoms with E-state index in [2.05, 4.69) is 25.9 Å². The van der Waals surface area contributed by atoms with Crippen LogP contribution >= 0.6 is 0 Å². The average molecular weight is 329 g/mol. The van der Waals surface area contributed by atoms with Crippen molar-refractivity contribution in [1.29, 1.82) is 0 Å². The van der Waals surface area contributed by atoms with Crippen LogP contribution in [-0.4, -0.2) is 42.0 Å². The number of aromatic nitrogens is 2. The number of benzene rings is 1. The van der Waals surface area contributed by atoms with Crippen molar-refractivity contribution < 1.29 is 14.3 Å². The molecule has 1 aromatic carbocycles. The zero-order chi connectivity index (χ0) is 17.4. The lowest BCUT2D eigenvalue weighted by Gasteiger charge is -2.09. The van der Waals surface area contributed by atoms with Gasteiger partial charge in [0.15, 0.2) is 0 Å². The van der Waals surface area contributed by atoms with Crippen molar-refractivity contribution in [2.45, 2.75) is 6.92 Å². The summed E-state index contributed by atoms with van der Waals surface area (Å²) < 4.78 is 4.94. The topological polar surface area (TPSA) is 105 Å². The van der Waals surface area contributed by atoms with E-state index in [9.17, 15) is 9.59 Å². The smallest absolute Gasteiger partial charge is 0.274 e. The quantitative estimate of drug-likeness (QED) is 0.668. The summed E-state index contributed by atoms with van der Waals surface area (Å²) in [6.07, 6.45) is 1.32. The zero-order valence-electron chi connectivity index (χ0n) is 13.5. The fourth-order valence-corrected chi connectivity index (χ4v) is 1.93. The lowest BCUT2D eigenvalue weighted by Crippen LogP contribution is -2.16. The standard InChI is InChI=1S/C16H19N5O3/c1-11(22)20-12-4-3-5-13(8-12)21-16(23)14-9-15(19-10-18-14)17-6-7-24-2/h3-5,8-10H,6-7H2,1-2H3,(H,20,22)(H,21,23)(H,17,18,19). The van der Waals surface area contributed by atoms with Crippen molar-refractivity contribution in [1.82, 2.24) is 9.97 Å². The predicted molar refractivity (Wildman–Crippen MR) is 91.1 cm³/mol. The lowest BCUT2D eigenvalue weighted by atomic mass is 10.2. The first-order valence-corrected chi connectivity index (χ1v) is 7.32. The largest absolute Gasteiger partial charge is 0.383 e. The van der Waals surface area contributed by atoms with Gasteiger partial charge in [0.25, 0.3) is 5.91 Å². The van der Waals surface area contributed by atoms with E-state index in [1.165, 1.54) is 13.3 Å². The lowest BCUT2D eigenvalue weighted by molar-refractivity contribution is -0.114. The monoisotopic (exact) mass is 329 g/mol. The molecule has 2 amide bonds. The molecular weight excluding hydrogens is 310 g/mol. The van der Waals surface area contributed by atoms with Gasteiger partial charge in [-0.3, -0.25) is 9.59 Å². The maximum Gasteiger partial charge on any atom is 0.274 e. The van der Waals surface area contributed by atoms with Crippen LogP contribution in [0.5, 0.6) is 0 Å². The van der Waals surface area contributed by atoms with Crippen molar-refractivity contribution in [3.8, 4) is 0 Å². The predicted octanol–water partition coefficient (Wildman–Crippen LogP) is 1.75. The summed E-state index contributed by atoms with van der Waals surface area (Å²) in [5.74, 6) is -0.00702. The number of nitrogens with zero attached hydrogens (tertiary/aromatic N) is 2. The SMILES string of the molecule is COCCNc1cc(C(=O)Nc2cccc(NC(C)=O)c2)ncn1. The second-order valence-electron chi connectivity index (χ2n) is 4.92. The van der Waals surface area contributed by atoms with Gasteiger partial charge in [-0.2, -0.15) is 0 Å². The maximum atomic E-state index is 12.3. The van der Waals surface area contributed by atoms with Gasteiger partial charge < -0.3 is 20.7 Å². The number of amides is 2. The molecule has 1 heterocycles. The molecule has 0 aliphatic rings. The maximum absolute atomic E-state index is 12.3. The van der Waals surface area contributed by atoms with Crippen molar-refractivity contribution >= 4 is 29.0 Å². The summed E-state index contributed by atoms with van der Waals surface area (Å²) in [5.41, 5.74) is 1.39. The third kappa shape index (κ3) is 5.33. The number of ether oxygens (including phenoxy) is 1. The van der Waals surface area contributed by atoms with Crippen molar-refractivity contribution in [3.05, 3.63) is 42.4 Å². The molecule has 2 aromatic rings. The molecule has 24 heavy (non-hydrogen) atoms. The van der Waals surface area contributed by atoms with E-state index in [-0.39, 0.29) is 17.5 Å². The minimum absolute atomic E-state index is 0.180. The first kappa shape index (κ1) is 17.4. The van der Waals surface area contributed by atoms with Crippen LogP contribution in [0.3, 0.4) is 0 Å². The Bertz CT molecular complexity index is 720. The molecule has 0 bridgehead atoms. The fourth-order valence-electron chi connectivity index (χ4n) is 1.93. The molecule has 0 spiro atoms. The van der Waals surface area contributed by atoms with Crippen LogP contribution in [0.4, 0.5) is 17.2 Å². The van der Waals surface area contributed by atoms with E-state index >= 15 is 0 Å². The Morgan fingerprint density at radius 3 is 2.58 bits per heavy atom. The molecule has 3 N–H and O–H groups in total. The van der Waals surface area contributed by atoms with E-state index in [0.29, 0.717) is 30.3 Å². The average Bonchev–Trinajstić information content (AvgIpc) is 2.55. The van der Waals surface area contributed by atoms with E-state index in [1.54, 1.807) is 37.4 Å². The summed E-state index contributed by atoms with van der Waals surface area (Å²) in [4.78, 5) is 31.4. The molecule has 8 nitrogen and oxygen atoms in total. The number of methoxy groups -OCH3 is 1. The highest BCUT2D eigenvalue weighted by molar-refractivity contribution is 6.03. The number of nitrogens with one attached hydrogen (secondary N) is 3. The molecule has 2 rings (SSSR count). The number of carbonyl (C=O) groups is 2. The van der Waals surface area contributed by atoms with Gasteiger partial charge in [0.1, 0.15) is 17.8 Å². The van der Waals surface area contributed by atoms with E-state index < -0.39 is 0 Å². The van der Waals surface area contributed by atoms with Gasteiger partial charge in [-0.05, 0) is 18.2 Å². The summed E-state index contributed by atoms with van der Waals surface area (Å²) >= 11 is 0. The molecule has 0 saturated heterocycles. The normalized spacial score (nSPS) is 10.1. The molecule has 0 fully saturated rings. The first-order chi connectivity index (χ1) is 11.6. The van der Waals surface area contributed by atoms with E-state index in [1.807, 2.05) is 0 Å². The van der Waals surface area contributed by atoms with Crippen LogP contribution in [0.2, 0.25) is 0 Å². The molecule has 8 heteroatoms. The minimum Gasteiger partial charge on any atom is -0.383 e. The Kier molecular flexibility index (Phi) is 6.21. The Labute approximate surface area is 139 Å². The second-order valence-corrected chi connectivity index (χ2v) is 4.92. The van der Waals surface area contributed by atoms with Crippen LogP contribution in [0.15, 0.2) is 36.7 Å². The Hall–Kier alpha value is -3.00. The van der Waals surface area contributed by atoms with Crippen LogP contribution in [0.25, 0.3) is 0 Å². The summed E-state index contributed by atoms with van der Waals surface area (Å²) in [6, 6.07) is 8.42. The van der Waals surface area contributed by atoms with Crippen LogP contribution in [0.1, 0.15) is 17.4 Å². The molecule has 0 aliphatic heterocycles. The Balaban J connectivity index is 2.04. The molecule has 0 unspecified atom stereocenters. The molecule has 0 radical (unpaired) electrons. The van der Waals surface area contributed by atoms with Gasteiger partial charge >= 0.3 is 0 Å². The Morgan fingerprint density at radius 1 is 1.12 bits per heavy atom. The van der Waals surface area contributed by atoms with Crippen LogP contribution < -0.4 is 16.0 Å². The highest BCUT2D eigenvalue weighted by atomic mass is 16.5. The van der Waals surface area contributed by atoms with Gasteiger partial charge in [-0.25, -0.2) is 9.97 Å². The van der Waals surface area contributed by atoms with Gasteiger partial charge in [-0.1, -0.05) is 6.07 Å². The summed E-state index contributed by atoms with van der Waals surface area (Å²) in [6.45, 7) is 2.53. The molecule has 1 aromatic heterocycles. The fraction of sp³-hybridized carbons (Fsp3) is 0.250. The van der Waals surface area contributed by atoms with E-state index in [0.717, 1.165) is 0 Å². The Morgan fingerprint density at radius 2 is 1.88 bits per heavy atom. The van der Waals surface area contributed by atoms with Crippen molar-refractivity contribution in [2.24, 2.45) is 0 Å². The molecular formula is C16H19N5O3. The third-order valence-corrected chi connectivity index (χ3v) is 2.95. The van der Waals surface area contributed by atoms with Crippen LogP contribution in [-0.2, 0) is 9.53 Å². The highest BCUT2D eigenvalue weighted by Crippen LogP contribution is 2.16. The summed E-state index contributed by atoms with van der Waals surface area (Å²) in [7, 11) is 1.61.